The van der Waals surface area contributed by atoms with Crippen LogP contribution in [-0.2, 0) is 4.79 Å². The molecule has 0 saturated carbocycles. The number of aromatic nitrogens is 2. The van der Waals surface area contributed by atoms with Gasteiger partial charge in [0.25, 0.3) is 0 Å². The maximum Gasteiger partial charge on any atom is 1.00 e. The van der Waals surface area contributed by atoms with Crippen LogP contribution in [0.3, 0.4) is 0 Å². The number of carboxylic acid groups (broad SMARTS) is 1. The molecule has 4 aromatic carbocycles. The number of fused-ring (bicyclic) bond motifs is 1. The van der Waals surface area contributed by atoms with Gasteiger partial charge >= 0.3 is 29.6 Å². The number of nitrogens with zero attached hydrogens (tertiary/aromatic N) is 1. The molecular weight excluding hydrogens is 435 g/mol. The van der Waals surface area contributed by atoms with Crippen LogP contribution in [0.4, 0.5) is 0 Å². The van der Waals surface area contributed by atoms with E-state index in [9.17, 15) is 15.0 Å². The molecule has 0 unspecified atom stereocenters. The number of phenols is 1. The van der Waals surface area contributed by atoms with Gasteiger partial charge < -0.3 is 20.0 Å². The first-order chi connectivity index (χ1) is 16.1. The molecule has 0 atom stereocenters. The van der Waals surface area contributed by atoms with Crippen LogP contribution in [0.1, 0.15) is 11.4 Å². The Bertz CT molecular complexity index is 1440. The molecule has 0 aliphatic rings. The van der Waals surface area contributed by atoms with Gasteiger partial charge in [-0.15, -0.1) is 0 Å². The summed E-state index contributed by atoms with van der Waals surface area (Å²) in [5.41, 5.74) is 3.81. The number of aliphatic carboxylic acids is 1. The largest absolute Gasteiger partial charge is 1.00 e. The zero-order valence-corrected chi connectivity index (χ0v) is 20.5. The van der Waals surface area contributed by atoms with Gasteiger partial charge in [0.2, 0.25) is 0 Å². The van der Waals surface area contributed by atoms with Crippen LogP contribution in [0, 0.1) is 0 Å². The van der Waals surface area contributed by atoms with E-state index < -0.39 is 5.97 Å². The zero-order chi connectivity index (χ0) is 22.8. The minimum absolute atomic E-state index is 0. The number of benzene rings is 4. The Kier molecular flexibility index (Phi) is 6.98. The van der Waals surface area contributed by atoms with Gasteiger partial charge in [0.1, 0.15) is 11.6 Å². The maximum atomic E-state index is 11.7. The number of hydrogen-bond donors (Lipinski definition) is 2. The summed E-state index contributed by atoms with van der Waals surface area (Å²) in [6, 6.07) is 30.3. The molecule has 0 bridgehead atoms. The molecule has 6 heteroatoms. The Morgan fingerprint density at radius 2 is 1.44 bits per heavy atom. The fourth-order valence-corrected chi connectivity index (χ4v) is 3.98. The van der Waals surface area contributed by atoms with Gasteiger partial charge in [0, 0.05) is 27.6 Å². The van der Waals surface area contributed by atoms with Crippen molar-refractivity contribution >= 4 is 22.3 Å². The van der Waals surface area contributed by atoms with E-state index in [0.29, 0.717) is 22.5 Å². The summed E-state index contributed by atoms with van der Waals surface area (Å²) in [5, 5.41) is 24.1. The summed E-state index contributed by atoms with van der Waals surface area (Å²) in [7, 11) is 0. The van der Waals surface area contributed by atoms with E-state index in [1.807, 2.05) is 84.9 Å². The molecule has 5 nitrogen and oxygen atoms in total. The molecule has 34 heavy (non-hydrogen) atoms. The number of imidazole rings is 1. The van der Waals surface area contributed by atoms with Crippen molar-refractivity contribution in [1.82, 2.24) is 9.97 Å². The summed E-state index contributed by atoms with van der Waals surface area (Å²) in [5.74, 6) is -1.07. The summed E-state index contributed by atoms with van der Waals surface area (Å²) < 4.78 is 0. The van der Waals surface area contributed by atoms with E-state index >= 15 is 0 Å². The van der Waals surface area contributed by atoms with Crippen LogP contribution in [0.2, 0.25) is 0 Å². The minimum atomic E-state index is -1.38. The maximum absolute atomic E-state index is 11.7. The first-order valence-electron chi connectivity index (χ1n) is 10.5. The van der Waals surface area contributed by atoms with E-state index in [0.717, 1.165) is 28.3 Å². The molecule has 1 aromatic heterocycles. The number of hydrogen-bond acceptors (Lipinski definition) is 4. The average molecular weight is 454 g/mol. The van der Waals surface area contributed by atoms with Crippen molar-refractivity contribution in [2.24, 2.45) is 0 Å². The Labute approximate surface area is 218 Å². The predicted molar refractivity (Wildman–Crippen MR) is 127 cm³/mol. The summed E-state index contributed by atoms with van der Waals surface area (Å²) in [6.45, 7) is 0. The van der Waals surface area contributed by atoms with E-state index in [4.69, 9.17) is 4.98 Å². The molecular formula is C28H19N2NaO3. The number of carbonyl (C=O) groups is 1. The molecule has 160 valence electrons. The van der Waals surface area contributed by atoms with Crippen molar-refractivity contribution in [3.63, 3.8) is 0 Å². The Morgan fingerprint density at radius 1 is 0.824 bits per heavy atom. The van der Waals surface area contributed by atoms with Gasteiger partial charge in [-0.3, -0.25) is 0 Å². The molecule has 0 aliphatic heterocycles. The molecule has 0 fully saturated rings. The van der Waals surface area contributed by atoms with E-state index in [1.165, 1.54) is 0 Å². The predicted octanol–water partition coefficient (Wildman–Crippen LogP) is 1.79. The van der Waals surface area contributed by atoms with Crippen LogP contribution in [0.25, 0.3) is 38.9 Å². The second-order valence-electron chi connectivity index (χ2n) is 7.60. The molecule has 5 rings (SSSR count). The number of rotatable bonds is 5. The molecule has 0 aliphatic carbocycles. The molecule has 2 N–H and O–H groups in total. The van der Waals surface area contributed by atoms with Crippen molar-refractivity contribution in [3.8, 4) is 28.3 Å². The fraction of sp³-hybridized carbons (Fsp3) is 0. The van der Waals surface area contributed by atoms with Gasteiger partial charge in [-0.2, -0.15) is 0 Å². The molecule has 0 saturated heterocycles. The molecule has 0 radical (unpaired) electrons. The normalized spacial score (nSPS) is 11.2. The minimum Gasteiger partial charge on any atom is -0.545 e. The Balaban J connectivity index is 0.00000274. The first kappa shape index (κ1) is 23.5. The van der Waals surface area contributed by atoms with Crippen molar-refractivity contribution in [2.45, 2.75) is 0 Å². The number of aromatic hydroxyl groups is 1. The van der Waals surface area contributed by atoms with Crippen molar-refractivity contribution in [1.29, 1.82) is 0 Å². The molecule has 0 spiro atoms. The monoisotopic (exact) mass is 454 g/mol. The third kappa shape index (κ3) is 4.54. The molecule has 0 amide bonds. The second-order valence-corrected chi connectivity index (χ2v) is 7.60. The van der Waals surface area contributed by atoms with Crippen molar-refractivity contribution in [2.75, 3.05) is 0 Å². The zero-order valence-electron chi connectivity index (χ0n) is 18.5. The van der Waals surface area contributed by atoms with Gasteiger partial charge in [0.05, 0.1) is 17.4 Å². The number of phenolic OH excluding ortho intramolecular Hbond substituents is 1. The summed E-state index contributed by atoms with van der Waals surface area (Å²) >= 11 is 0. The van der Waals surface area contributed by atoms with Crippen LogP contribution in [0.5, 0.6) is 5.75 Å². The van der Waals surface area contributed by atoms with Crippen LogP contribution in [-0.4, -0.2) is 21.0 Å². The van der Waals surface area contributed by atoms with E-state index in [2.05, 4.69) is 4.98 Å². The number of nitrogens with one attached hydrogen (secondary N) is 1. The molecule has 1 heterocycles. The average Bonchev–Trinajstić information content (AvgIpc) is 3.30. The quantitative estimate of drug-likeness (QED) is 0.313. The smallest absolute Gasteiger partial charge is 0.545 e. The van der Waals surface area contributed by atoms with Crippen LogP contribution in [0.15, 0.2) is 103 Å². The summed E-state index contributed by atoms with van der Waals surface area (Å²) in [6.07, 6.45) is 0.964. The van der Waals surface area contributed by atoms with E-state index in [1.54, 1.807) is 12.1 Å². The van der Waals surface area contributed by atoms with Gasteiger partial charge in [0.15, 0.2) is 0 Å². The number of H-pyrrole nitrogens is 1. The second kappa shape index (κ2) is 10.1. The number of carboxylic acids is 1. The topological polar surface area (TPSA) is 89.0 Å². The van der Waals surface area contributed by atoms with Crippen LogP contribution < -0.4 is 34.7 Å². The Hall–Kier alpha value is -3.64. The van der Waals surface area contributed by atoms with Crippen molar-refractivity contribution < 1.29 is 44.6 Å². The Morgan fingerprint density at radius 3 is 2.12 bits per heavy atom. The standard InChI is InChI=1S/C28H20N2O3.Na/c31-24(32)17-23(22-16-15-18-9-7-8-14-21(18)27(22)33)28-29-25(19-10-3-1-4-11-19)26(30-28)20-12-5-2-6-13-20;/h1-17,33H,(H,29,30)(H,31,32);/q;+1/p-1. The van der Waals surface area contributed by atoms with Gasteiger partial charge in [-0.1, -0.05) is 91.0 Å². The van der Waals surface area contributed by atoms with Crippen LogP contribution >= 0.6 is 0 Å². The third-order valence-corrected chi connectivity index (χ3v) is 5.52. The SMILES string of the molecule is O=C([O-])C=C(c1nc(-c2ccccc2)c(-c2ccccc2)[nH]1)c1ccc2ccccc2c1O.[Na+]. The molecule has 5 aromatic rings. The van der Waals surface area contributed by atoms with Gasteiger partial charge in [-0.25, -0.2) is 4.98 Å². The fourth-order valence-electron chi connectivity index (χ4n) is 3.98. The summed E-state index contributed by atoms with van der Waals surface area (Å²) in [4.78, 5) is 19.7. The first-order valence-corrected chi connectivity index (χ1v) is 10.5. The van der Waals surface area contributed by atoms with Gasteiger partial charge in [-0.05, 0) is 17.5 Å². The number of aromatic amines is 1. The van der Waals surface area contributed by atoms with Crippen molar-refractivity contribution in [3.05, 3.63) is 115 Å². The third-order valence-electron chi connectivity index (χ3n) is 5.52. The number of carbonyl (C=O) groups excluding carboxylic acids is 1. The van der Waals surface area contributed by atoms with E-state index in [-0.39, 0.29) is 40.9 Å².